The summed E-state index contributed by atoms with van der Waals surface area (Å²) in [6.07, 6.45) is 2.05. The molecule has 0 aliphatic rings. The topological polar surface area (TPSA) is 38.3 Å². The normalized spacial score (nSPS) is 11.9. The predicted molar refractivity (Wildman–Crippen MR) is 72.1 cm³/mol. The van der Waals surface area contributed by atoms with Gasteiger partial charge in [0, 0.05) is 6.04 Å². The van der Waals surface area contributed by atoms with Gasteiger partial charge in [-0.25, -0.2) is 0 Å². The van der Waals surface area contributed by atoms with Crippen LogP contribution < -0.4 is 10.1 Å². The van der Waals surface area contributed by atoms with Crippen LogP contribution in [0.5, 0.6) is 5.75 Å². The third-order valence-electron chi connectivity index (χ3n) is 2.32. The lowest BCUT2D eigenvalue weighted by Crippen LogP contribution is -2.35. The molecule has 4 heteroatoms. The third-order valence-corrected chi connectivity index (χ3v) is 2.98. The highest BCUT2D eigenvalue weighted by Crippen LogP contribution is 2.23. The Balaban J connectivity index is 2.36. The molecule has 94 valence electrons. The summed E-state index contributed by atoms with van der Waals surface area (Å²) in [6.45, 7) is 4.15. The maximum absolute atomic E-state index is 11.6. The van der Waals surface area contributed by atoms with Gasteiger partial charge in [0.05, 0.1) is 4.47 Å². The minimum atomic E-state index is -0.0818. The second-order valence-corrected chi connectivity index (χ2v) is 4.83. The van der Waals surface area contributed by atoms with Crippen molar-refractivity contribution < 1.29 is 9.53 Å². The first-order valence-electron chi connectivity index (χ1n) is 5.80. The van der Waals surface area contributed by atoms with Gasteiger partial charge < -0.3 is 10.1 Å². The van der Waals surface area contributed by atoms with E-state index >= 15 is 0 Å². The molecule has 1 aromatic carbocycles. The molecular formula is C13H18BrNO2. The molecular weight excluding hydrogens is 282 g/mol. The van der Waals surface area contributed by atoms with Crippen molar-refractivity contribution in [2.75, 3.05) is 6.61 Å². The van der Waals surface area contributed by atoms with E-state index in [0.29, 0.717) is 5.75 Å². The van der Waals surface area contributed by atoms with Crippen molar-refractivity contribution in [3.8, 4) is 5.75 Å². The fraction of sp³-hybridized carbons (Fsp3) is 0.462. The summed E-state index contributed by atoms with van der Waals surface area (Å²) in [5, 5.41) is 2.89. The third kappa shape index (κ3) is 5.22. The van der Waals surface area contributed by atoms with Crippen LogP contribution in [0.4, 0.5) is 0 Å². The first-order valence-corrected chi connectivity index (χ1v) is 6.59. The van der Waals surface area contributed by atoms with E-state index < -0.39 is 0 Å². The van der Waals surface area contributed by atoms with Crippen molar-refractivity contribution in [1.82, 2.24) is 5.32 Å². The molecule has 1 N–H and O–H groups in total. The van der Waals surface area contributed by atoms with Crippen LogP contribution in [0.1, 0.15) is 26.7 Å². The summed E-state index contributed by atoms with van der Waals surface area (Å²) in [7, 11) is 0. The van der Waals surface area contributed by atoms with Crippen molar-refractivity contribution in [1.29, 1.82) is 0 Å². The number of ether oxygens (including phenoxy) is 1. The monoisotopic (exact) mass is 299 g/mol. The van der Waals surface area contributed by atoms with Gasteiger partial charge in [-0.1, -0.05) is 25.5 Å². The van der Waals surface area contributed by atoms with Gasteiger partial charge in [-0.15, -0.1) is 0 Å². The number of benzene rings is 1. The number of nitrogens with one attached hydrogen (secondary N) is 1. The van der Waals surface area contributed by atoms with Crippen LogP contribution in [0.3, 0.4) is 0 Å². The fourth-order valence-corrected chi connectivity index (χ4v) is 1.93. The van der Waals surface area contributed by atoms with E-state index in [-0.39, 0.29) is 18.6 Å². The Hall–Kier alpha value is -1.03. The zero-order chi connectivity index (χ0) is 12.7. The number of para-hydroxylation sites is 1. The lowest BCUT2D eigenvalue weighted by atomic mass is 10.2. The molecule has 0 saturated heterocycles. The van der Waals surface area contributed by atoms with Gasteiger partial charge in [0.25, 0.3) is 5.91 Å². The van der Waals surface area contributed by atoms with E-state index in [1.807, 2.05) is 31.2 Å². The largest absolute Gasteiger partial charge is 0.483 e. The minimum absolute atomic E-state index is 0.0522. The highest BCUT2D eigenvalue weighted by Gasteiger charge is 2.08. The average molecular weight is 300 g/mol. The van der Waals surface area contributed by atoms with E-state index in [1.165, 1.54) is 0 Å². The van der Waals surface area contributed by atoms with E-state index in [0.717, 1.165) is 17.3 Å². The SMILES string of the molecule is CCC[C@H](C)NC(=O)COc1ccccc1Br. The van der Waals surface area contributed by atoms with Crippen molar-refractivity contribution in [2.24, 2.45) is 0 Å². The Labute approximate surface area is 111 Å². The second kappa shape index (κ2) is 7.33. The van der Waals surface area contributed by atoms with Gasteiger partial charge in [-0.3, -0.25) is 4.79 Å². The molecule has 1 amide bonds. The molecule has 0 radical (unpaired) electrons. The molecule has 1 aromatic rings. The van der Waals surface area contributed by atoms with Crippen molar-refractivity contribution in [2.45, 2.75) is 32.7 Å². The summed E-state index contributed by atoms with van der Waals surface area (Å²) in [6, 6.07) is 7.69. The molecule has 3 nitrogen and oxygen atoms in total. The zero-order valence-electron chi connectivity index (χ0n) is 10.2. The highest BCUT2D eigenvalue weighted by molar-refractivity contribution is 9.10. The summed E-state index contributed by atoms with van der Waals surface area (Å²) in [4.78, 5) is 11.6. The van der Waals surface area contributed by atoms with E-state index in [9.17, 15) is 4.79 Å². The maximum atomic E-state index is 11.6. The van der Waals surface area contributed by atoms with E-state index in [1.54, 1.807) is 0 Å². The van der Waals surface area contributed by atoms with Gasteiger partial charge in [0.15, 0.2) is 6.61 Å². The molecule has 0 aliphatic heterocycles. The molecule has 0 aromatic heterocycles. The molecule has 0 saturated carbocycles. The Kier molecular flexibility index (Phi) is 6.05. The number of halogens is 1. The van der Waals surface area contributed by atoms with Gasteiger partial charge in [-0.2, -0.15) is 0 Å². The van der Waals surface area contributed by atoms with Crippen LogP contribution in [0.2, 0.25) is 0 Å². The van der Waals surface area contributed by atoms with Gasteiger partial charge >= 0.3 is 0 Å². The van der Waals surface area contributed by atoms with Crippen molar-refractivity contribution in [3.05, 3.63) is 28.7 Å². The second-order valence-electron chi connectivity index (χ2n) is 3.98. The summed E-state index contributed by atoms with van der Waals surface area (Å²) < 4.78 is 6.27. The summed E-state index contributed by atoms with van der Waals surface area (Å²) in [5.41, 5.74) is 0. The minimum Gasteiger partial charge on any atom is -0.483 e. The molecule has 0 heterocycles. The van der Waals surface area contributed by atoms with Gasteiger partial charge in [-0.05, 0) is 41.4 Å². The van der Waals surface area contributed by atoms with Gasteiger partial charge in [0.2, 0.25) is 0 Å². The van der Waals surface area contributed by atoms with Crippen LogP contribution in [0, 0.1) is 0 Å². The quantitative estimate of drug-likeness (QED) is 0.876. The van der Waals surface area contributed by atoms with Crippen molar-refractivity contribution >= 4 is 21.8 Å². The van der Waals surface area contributed by atoms with Crippen LogP contribution in [0.25, 0.3) is 0 Å². The number of carbonyl (C=O) groups excluding carboxylic acids is 1. The average Bonchev–Trinajstić information content (AvgIpc) is 2.28. The standard InChI is InChI=1S/C13H18BrNO2/c1-3-6-10(2)15-13(16)9-17-12-8-5-4-7-11(12)14/h4-5,7-8,10H,3,6,9H2,1-2H3,(H,15,16)/t10-/m0/s1. The number of amides is 1. The molecule has 0 unspecified atom stereocenters. The lowest BCUT2D eigenvalue weighted by Gasteiger charge is -2.13. The Morgan fingerprint density at radius 3 is 2.82 bits per heavy atom. The lowest BCUT2D eigenvalue weighted by molar-refractivity contribution is -0.123. The van der Waals surface area contributed by atoms with Gasteiger partial charge in [0.1, 0.15) is 5.75 Å². The predicted octanol–water partition coefficient (Wildman–Crippen LogP) is 3.13. The van der Waals surface area contributed by atoms with Crippen LogP contribution in [-0.2, 0) is 4.79 Å². The molecule has 0 aliphatic carbocycles. The number of hydrogen-bond donors (Lipinski definition) is 1. The first-order chi connectivity index (χ1) is 8.13. The fourth-order valence-electron chi connectivity index (χ4n) is 1.53. The van der Waals surface area contributed by atoms with Crippen LogP contribution in [-0.4, -0.2) is 18.6 Å². The summed E-state index contributed by atoms with van der Waals surface area (Å²) in [5.74, 6) is 0.604. The molecule has 1 rings (SSSR count). The molecule has 0 fully saturated rings. The zero-order valence-corrected chi connectivity index (χ0v) is 11.8. The Bertz CT molecular complexity index is 368. The van der Waals surface area contributed by atoms with Crippen LogP contribution >= 0.6 is 15.9 Å². The van der Waals surface area contributed by atoms with Crippen LogP contribution in [0.15, 0.2) is 28.7 Å². The van der Waals surface area contributed by atoms with E-state index in [4.69, 9.17) is 4.74 Å². The number of carbonyl (C=O) groups is 1. The number of rotatable bonds is 6. The number of hydrogen-bond acceptors (Lipinski definition) is 2. The molecule has 0 spiro atoms. The highest BCUT2D eigenvalue weighted by atomic mass is 79.9. The van der Waals surface area contributed by atoms with E-state index in [2.05, 4.69) is 28.2 Å². The maximum Gasteiger partial charge on any atom is 0.258 e. The molecule has 1 atom stereocenters. The first kappa shape index (κ1) is 14.0. The summed E-state index contributed by atoms with van der Waals surface area (Å²) >= 11 is 3.37. The molecule has 17 heavy (non-hydrogen) atoms. The Morgan fingerprint density at radius 1 is 1.47 bits per heavy atom. The Morgan fingerprint density at radius 2 is 2.18 bits per heavy atom. The smallest absolute Gasteiger partial charge is 0.258 e. The van der Waals surface area contributed by atoms with Crippen molar-refractivity contribution in [3.63, 3.8) is 0 Å². The molecule has 0 bridgehead atoms.